The smallest absolute Gasteiger partial charge is 0.274 e. The van der Waals surface area contributed by atoms with Crippen LogP contribution in [0, 0.1) is 24.2 Å². The molecule has 7 heteroatoms. The first-order chi connectivity index (χ1) is 14.8. The van der Waals surface area contributed by atoms with E-state index in [1.807, 2.05) is 43.1 Å². The van der Waals surface area contributed by atoms with E-state index in [-0.39, 0.29) is 23.1 Å². The summed E-state index contributed by atoms with van der Waals surface area (Å²) in [6.45, 7) is 10.4. The van der Waals surface area contributed by atoms with Gasteiger partial charge in [0.25, 0.3) is 5.91 Å². The highest BCUT2D eigenvalue weighted by Gasteiger charge is 2.57. The summed E-state index contributed by atoms with van der Waals surface area (Å²) >= 11 is 0. The molecule has 0 aliphatic carbocycles. The van der Waals surface area contributed by atoms with Gasteiger partial charge in [0.15, 0.2) is 5.69 Å². The van der Waals surface area contributed by atoms with Crippen LogP contribution >= 0.6 is 0 Å². The van der Waals surface area contributed by atoms with Gasteiger partial charge in [0.05, 0.1) is 5.92 Å². The van der Waals surface area contributed by atoms with Crippen molar-refractivity contribution in [2.45, 2.75) is 27.3 Å². The van der Waals surface area contributed by atoms with Gasteiger partial charge in [-0.25, -0.2) is 0 Å². The van der Waals surface area contributed by atoms with E-state index in [4.69, 9.17) is 0 Å². The number of amides is 2. The minimum atomic E-state index is -0.185. The topological polar surface area (TPSA) is 70.5 Å². The Morgan fingerprint density at radius 3 is 2.52 bits per heavy atom. The fourth-order valence-corrected chi connectivity index (χ4v) is 4.83. The predicted octanol–water partition coefficient (Wildman–Crippen LogP) is 2.07. The first-order valence-corrected chi connectivity index (χ1v) is 11.1. The molecular formula is C24H33N5O2. The third-order valence-corrected chi connectivity index (χ3v) is 6.60. The second kappa shape index (κ2) is 8.46. The minimum absolute atomic E-state index is 0.0443. The van der Waals surface area contributed by atoms with Gasteiger partial charge in [-0.1, -0.05) is 44.2 Å². The summed E-state index contributed by atoms with van der Waals surface area (Å²) in [6, 6.07) is 12.2. The molecule has 4 rings (SSSR count). The molecule has 3 heterocycles. The molecule has 2 saturated heterocycles. The molecule has 2 amide bonds. The average Bonchev–Trinajstić information content (AvgIpc) is 3.25. The highest BCUT2D eigenvalue weighted by Crippen LogP contribution is 2.45. The summed E-state index contributed by atoms with van der Waals surface area (Å²) in [5.74, 6) is 0.375. The lowest BCUT2D eigenvalue weighted by molar-refractivity contribution is -0.131. The number of nitrogens with zero attached hydrogens (tertiary/aromatic N) is 4. The molecule has 2 aromatic rings. The third kappa shape index (κ3) is 4.37. The standard InChI is InChI=1S/C24H33N5O2/c1-17(2)11-25-22(30)20-13-28(12-19-8-6-5-7-9-19)14-24(20)15-29(16-24)23(31)21-10-18(3)27(4)26-21/h5-10,17,20H,11-16H2,1-4H3,(H,25,30). The number of carbonyl (C=O) groups is 2. The quantitative estimate of drug-likeness (QED) is 0.772. The van der Waals surface area contributed by atoms with Gasteiger partial charge in [-0.05, 0) is 24.5 Å². The van der Waals surface area contributed by atoms with Crippen LogP contribution in [0.2, 0.25) is 0 Å². The summed E-state index contributed by atoms with van der Waals surface area (Å²) < 4.78 is 1.72. The summed E-state index contributed by atoms with van der Waals surface area (Å²) in [6.07, 6.45) is 0. The van der Waals surface area contributed by atoms with Crippen LogP contribution < -0.4 is 5.32 Å². The molecule has 2 fully saturated rings. The Hall–Kier alpha value is -2.67. The zero-order valence-electron chi connectivity index (χ0n) is 19.0. The van der Waals surface area contributed by atoms with Crippen LogP contribution in [0.25, 0.3) is 0 Å². The number of aromatic nitrogens is 2. The van der Waals surface area contributed by atoms with Gasteiger partial charge in [-0.3, -0.25) is 19.2 Å². The number of hydrogen-bond acceptors (Lipinski definition) is 4. The van der Waals surface area contributed by atoms with Gasteiger partial charge in [-0.15, -0.1) is 0 Å². The van der Waals surface area contributed by atoms with Crippen molar-refractivity contribution in [3.05, 3.63) is 53.3 Å². The van der Waals surface area contributed by atoms with E-state index in [1.165, 1.54) is 5.56 Å². The molecule has 1 aromatic heterocycles. The lowest BCUT2D eigenvalue weighted by atomic mass is 9.71. The van der Waals surface area contributed by atoms with Crippen LogP contribution in [0.4, 0.5) is 0 Å². The molecule has 2 aliphatic rings. The number of aryl methyl sites for hydroxylation is 2. The maximum absolute atomic E-state index is 13.1. The normalized spacial score (nSPS) is 20.3. The second-order valence-corrected chi connectivity index (χ2v) is 9.66. The first-order valence-electron chi connectivity index (χ1n) is 11.1. The number of carbonyl (C=O) groups excluding carboxylic acids is 2. The van der Waals surface area contributed by atoms with Crippen molar-refractivity contribution in [2.24, 2.45) is 24.3 Å². The monoisotopic (exact) mass is 423 g/mol. The first kappa shape index (κ1) is 21.6. The molecule has 1 aromatic carbocycles. The molecule has 7 nitrogen and oxygen atoms in total. The summed E-state index contributed by atoms with van der Waals surface area (Å²) in [5.41, 5.74) is 2.50. The Balaban J connectivity index is 1.47. The Labute approximate surface area is 184 Å². The van der Waals surface area contributed by atoms with E-state index in [2.05, 4.69) is 41.3 Å². The minimum Gasteiger partial charge on any atom is -0.356 e. The third-order valence-electron chi connectivity index (χ3n) is 6.60. The Morgan fingerprint density at radius 2 is 1.90 bits per heavy atom. The molecule has 1 N–H and O–H groups in total. The van der Waals surface area contributed by atoms with Crippen molar-refractivity contribution in [3.8, 4) is 0 Å². The Kier molecular flexibility index (Phi) is 5.88. The highest BCUT2D eigenvalue weighted by atomic mass is 16.2. The van der Waals surface area contributed by atoms with Crippen LogP contribution in [0.1, 0.15) is 35.6 Å². The molecule has 0 radical (unpaired) electrons. The Bertz CT molecular complexity index is 927. The molecule has 1 atom stereocenters. The van der Waals surface area contributed by atoms with Gasteiger partial charge in [0.1, 0.15) is 0 Å². The zero-order chi connectivity index (χ0) is 22.2. The summed E-state index contributed by atoms with van der Waals surface area (Å²) in [4.78, 5) is 30.2. The van der Waals surface area contributed by atoms with E-state index >= 15 is 0 Å². The van der Waals surface area contributed by atoms with Crippen LogP contribution in [0.15, 0.2) is 36.4 Å². The predicted molar refractivity (Wildman–Crippen MR) is 119 cm³/mol. The van der Waals surface area contributed by atoms with E-state index in [0.717, 1.165) is 25.3 Å². The molecule has 31 heavy (non-hydrogen) atoms. The number of likely N-dealkylation sites (tertiary alicyclic amines) is 2. The van der Waals surface area contributed by atoms with Crippen molar-refractivity contribution in [2.75, 3.05) is 32.7 Å². The van der Waals surface area contributed by atoms with Crippen molar-refractivity contribution >= 4 is 11.8 Å². The summed E-state index contributed by atoms with van der Waals surface area (Å²) in [7, 11) is 1.84. The molecule has 0 bridgehead atoms. The number of hydrogen-bond donors (Lipinski definition) is 1. The number of nitrogens with one attached hydrogen (secondary N) is 1. The highest BCUT2D eigenvalue weighted by molar-refractivity contribution is 5.93. The Morgan fingerprint density at radius 1 is 1.19 bits per heavy atom. The van der Waals surface area contributed by atoms with Crippen LogP contribution in [-0.2, 0) is 18.4 Å². The second-order valence-electron chi connectivity index (χ2n) is 9.66. The molecule has 2 aliphatic heterocycles. The van der Waals surface area contributed by atoms with Crippen LogP contribution in [0.3, 0.4) is 0 Å². The van der Waals surface area contributed by atoms with Gasteiger partial charge in [0, 0.05) is 57.4 Å². The van der Waals surface area contributed by atoms with Crippen molar-refractivity contribution in [3.63, 3.8) is 0 Å². The number of benzene rings is 1. The van der Waals surface area contributed by atoms with E-state index < -0.39 is 0 Å². The molecule has 1 spiro atoms. The van der Waals surface area contributed by atoms with Gasteiger partial charge >= 0.3 is 0 Å². The van der Waals surface area contributed by atoms with Crippen LogP contribution in [-0.4, -0.2) is 64.1 Å². The average molecular weight is 424 g/mol. The van der Waals surface area contributed by atoms with Gasteiger partial charge in [-0.2, -0.15) is 5.10 Å². The zero-order valence-corrected chi connectivity index (χ0v) is 19.0. The van der Waals surface area contributed by atoms with Gasteiger partial charge in [0.2, 0.25) is 5.91 Å². The van der Waals surface area contributed by atoms with Crippen molar-refractivity contribution in [1.29, 1.82) is 0 Å². The molecule has 0 saturated carbocycles. The fourth-order valence-electron chi connectivity index (χ4n) is 4.83. The molecule has 166 valence electrons. The van der Waals surface area contributed by atoms with Crippen LogP contribution in [0.5, 0.6) is 0 Å². The lowest BCUT2D eigenvalue weighted by Gasteiger charge is -2.50. The molecule has 1 unspecified atom stereocenters. The van der Waals surface area contributed by atoms with Crippen molar-refractivity contribution < 1.29 is 9.59 Å². The molecular weight excluding hydrogens is 390 g/mol. The summed E-state index contributed by atoms with van der Waals surface area (Å²) in [5, 5.41) is 7.47. The largest absolute Gasteiger partial charge is 0.356 e. The fraction of sp³-hybridized carbons (Fsp3) is 0.542. The van der Waals surface area contributed by atoms with Gasteiger partial charge < -0.3 is 10.2 Å². The maximum Gasteiger partial charge on any atom is 0.274 e. The van der Waals surface area contributed by atoms with E-state index in [1.54, 1.807) is 4.68 Å². The van der Waals surface area contributed by atoms with Crippen molar-refractivity contribution in [1.82, 2.24) is 24.9 Å². The maximum atomic E-state index is 13.1. The number of rotatable bonds is 6. The van der Waals surface area contributed by atoms with E-state index in [9.17, 15) is 9.59 Å². The van der Waals surface area contributed by atoms with E-state index in [0.29, 0.717) is 31.2 Å². The SMILES string of the molecule is Cc1cc(C(=O)N2CC3(CN(Cc4ccccc4)CC3C(=O)NCC(C)C)C2)nn1C. The lowest BCUT2D eigenvalue weighted by Crippen LogP contribution is -2.64.